The maximum atomic E-state index is 13.1. The molecule has 1 N–H and O–H groups in total. The van der Waals surface area contributed by atoms with Gasteiger partial charge in [-0.05, 0) is 58.0 Å². The lowest BCUT2D eigenvalue weighted by Gasteiger charge is -2.38. The molecule has 2 aliphatic rings. The third-order valence-electron chi connectivity index (χ3n) is 6.54. The molecule has 9 heteroatoms. The van der Waals surface area contributed by atoms with Crippen LogP contribution in [0.1, 0.15) is 60.5 Å². The van der Waals surface area contributed by atoms with Crippen LogP contribution < -0.4 is 5.48 Å². The Hall–Kier alpha value is -1.42. The molecule has 7 nitrogen and oxygen atoms in total. The van der Waals surface area contributed by atoms with Crippen molar-refractivity contribution in [3.63, 3.8) is 0 Å². The maximum Gasteiger partial charge on any atom is 0.411 e. The van der Waals surface area contributed by atoms with Crippen LogP contribution in [-0.2, 0) is 19.7 Å². The monoisotopic (exact) mass is 539 g/mol. The van der Waals surface area contributed by atoms with E-state index in [-0.39, 0.29) is 23.3 Å². The van der Waals surface area contributed by atoms with E-state index in [9.17, 15) is 4.79 Å². The van der Waals surface area contributed by atoms with Crippen LogP contribution >= 0.6 is 15.9 Å². The van der Waals surface area contributed by atoms with Gasteiger partial charge < -0.3 is 9.16 Å². The number of nitrogens with zero attached hydrogens (tertiary/aromatic N) is 2. The number of hydrogen-bond donors (Lipinski definition) is 1. The van der Waals surface area contributed by atoms with Gasteiger partial charge in [0, 0.05) is 23.0 Å². The molecule has 0 aromatic heterocycles. The Kier molecular flexibility index (Phi) is 7.13. The van der Waals surface area contributed by atoms with Crippen LogP contribution in [-0.4, -0.2) is 49.4 Å². The molecule has 2 heterocycles. The lowest BCUT2D eigenvalue weighted by atomic mass is 10.1. The van der Waals surface area contributed by atoms with Crippen molar-refractivity contribution >= 4 is 36.2 Å². The number of hydroxylamine groups is 1. The van der Waals surface area contributed by atoms with Crippen LogP contribution in [0.3, 0.4) is 0 Å². The molecule has 1 aromatic rings. The van der Waals surface area contributed by atoms with E-state index in [1.807, 2.05) is 52.0 Å². The number of carbonyl (C=O) groups excluding carboxylic acids is 1. The Bertz CT molecular complexity index is 908. The maximum absolute atomic E-state index is 13.1. The molecule has 1 unspecified atom stereocenters. The fourth-order valence-electron chi connectivity index (χ4n) is 3.71. The molecule has 3 atom stereocenters. The minimum absolute atomic E-state index is 0.0776. The van der Waals surface area contributed by atoms with Crippen molar-refractivity contribution in [2.75, 3.05) is 6.54 Å². The van der Waals surface area contributed by atoms with Gasteiger partial charge >= 0.3 is 6.09 Å². The molecule has 0 radical (unpaired) electrons. The van der Waals surface area contributed by atoms with Crippen molar-refractivity contribution in [3.8, 4) is 0 Å². The van der Waals surface area contributed by atoms with E-state index in [1.165, 1.54) is 0 Å². The smallest absolute Gasteiger partial charge is 0.411 e. The lowest BCUT2D eigenvalue weighted by Crippen LogP contribution is -2.46. The largest absolute Gasteiger partial charge is 0.444 e. The number of halogens is 1. The molecule has 0 bridgehead atoms. The average Bonchev–Trinajstić information content (AvgIpc) is 3.24. The lowest BCUT2D eigenvalue weighted by molar-refractivity contribution is -0.0462. The third kappa shape index (κ3) is 5.99. The highest BCUT2D eigenvalue weighted by molar-refractivity contribution is 9.10. The SMILES string of the molecule is CC(C)(C)OC(=O)N1C[C@H](O[Si](C)(C)C(C)(C)C)C[C@H]1C1=NC(C)(c2ccc(Br)cc2)ON1. The van der Waals surface area contributed by atoms with Gasteiger partial charge in [-0.3, -0.25) is 4.90 Å². The van der Waals surface area contributed by atoms with Crippen molar-refractivity contribution in [2.24, 2.45) is 4.99 Å². The summed E-state index contributed by atoms with van der Waals surface area (Å²) in [5, 5.41) is 0.0776. The van der Waals surface area contributed by atoms with E-state index < -0.39 is 19.6 Å². The van der Waals surface area contributed by atoms with Crippen molar-refractivity contribution in [3.05, 3.63) is 34.3 Å². The molecule has 3 rings (SSSR count). The summed E-state index contributed by atoms with van der Waals surface area (Å²) in [5.74, 6) is 0.618. The first-order chi connectivity index (χ1) is 15.0. The first kappa shape index (κ1) is 26.2. The number of amides is 1. The van der Waals surface area contributed by atoms with Gasteiger partial charge in [-0.25, -0.2) is 20.1 Å². The fraction of sp³-hybridized carbons (Fsp3) is 0.667. The zero-order valence-corrected chi connectivity index (χ0v) is 23.9. The quantitative estimate of drug-likeness (QED) is 0.478. The molecular formula is C24H38BrN3O4Si. The second-order valence-electron chi connectivity index (χ2n) is 11.6. The molecule has 2 aliphatic heterocycles. The van der Waals surface area contributed by atoms with Crippen LogP contribution in [0.2, 0.25) is 18.1 Å². The molecule has 0 aliphatic carbocycles. The number of ether oxygens (including phenoxy) is 1. The number of amidine groups is 1. The molecule has 0 saturated carbocycles. The predicted molar refractivity (Wildman–Crippen MR) is 137 cm³/mol. The van der Waals surface area contributed by atoms with Gasteiger partial charge in [0.2, 0.25) is 5.72 Å². The molecule has 184 valence electrons. The van der Waals surface area contributed by atoms with Gasteiger partial charge in [0.25, 0.3) is 0 Å². The summed E-state index contributed by atoms with van der Waals surface area (Å²) in [4.78, 5) is 25.7. The van der Waals surface area contributed by atoms with Crippen LogP contribution in [0.25, 0.3) is 0 Å². The highest BCUT2D eigenvalue weighted by Crippen LogP contribution is 2.40. The summed E-state index contributed by atoms with van der Waals surface area (Å²) < 4.78 is 13.4. The van der Waals surface area contributed by atoms with Gasteiger partial charge in [-0.15, -0.1) is 0 Å². The molecule has 1 fully saturated rings. The van der Waals surface area contributed by atoms with Gasteiger partial charge in [-0.1, -0.05) is 48.8 Å². The Morgan fingerprint density at radius 2 is 1.82 bits per heavy atom. The standard InChI is InChI=1S/C24H38BrN3O4Si/c1-22(2,3)30-21(29)28-15-18(31-33(8,9)23(4,5)6)14-19(28)20-26-24(7,32-27-20)16-10-12-17(25)13-11-16/h10-13,18-19H,14-15H2,1-9H3,(H,26,27)/t18-,19+,24?/m1/s1. The van der Waals surface area contributed by atoms with Crippen LogP contribution in [0.15, 0.2) is 33.7 Å². The van der Waals surface area contributed by atoms with E-state index in [0.29, 0.717) is 18.8 Å². The van der Waals surface area contributed by atoms with Crippen LogP contribution in [0.5, 0.6) is 0 Å². The summed E-state index contributed by atoms with van der Waals surface area (Å²) in [6.45, 7) is 19.1. The summed E-state index contributed by atoms with van der Waals surface area (Å²) >= 11 is 3.47. The number of hydrogen-bond acceptors (Lipinski definition) is 6. The molecule has 1 amide bonds. The van der Waals surface area contributed by atoms with E-state index in [2.05, 4.69) is 55.3 Å². The average molecular weight is 541 g/mol. The Labute approximate surface area is 207 Å². The Morgan fingerprint density at radius 1 is 1.21 bits per heavy atom. The van der Waals surface area contributed by atoms with E-state index in [0.717, 1.165) is 10.0 Å². The topological polar surface area (TPSA) is 72.4 Å². The summed E-state index contributed by atoms with van der Waals surface area (Å²) in [6, 6.07) is 7.56. The number of carbonyl (C=O) groups is 1. The molecule has 0 spiro atoms. The van der Waals surface area contributed by atoms with E-state index >= 15 is 0 Å². The second-order valence-corrected chi connectivity index (χ2v) is 17.2. The number of nitrogens with one attached hydrogen (secondary N) is 1. The van der Waals surface area contributed by atoms with Crippen molar-refractivity contribution in [1.29, 1.82) is 0 Å². The van der Waals surface area contributed by atoms with E-state index in [1.54, 1.807) is 4.90 Å². The number of likely N-dealkylation sites (tertiary alicyclic amines) is 1. The zero-order chi connectivity index (χ0) is 24.8. The van der Waals surface area contributed by atoms with Gasteiger partial charge in [0.1, 0.15) is 11.4 Å². The number of benzene rings is 1. The van der Waals surface area contributed by atoms with Gasteiger partial charge in [-0.2, -0.15) is 0 Å². The van der Waals surface area contributed by atoms with Crippen molar-refractivity contribution in [1.82, 2.24) is 10.4 Å². The van der Waals surface area contributed by atoms with Gasteiger partial charge in [0.15, 0.2) is 8.32 Å². The first-order valence-electron chi connectivity index (χ1n) is 11.5. The normalized spacial score (nSPS) is 26.2. The summed E-state index contributed by atoms with van der Waals surface area (Å²) in [6.07, 6.45) is 0.181. The molecule has 1 aromatic carbocycles. The molecule has 1 saturated heterocycles. The fourth-order valence-corrected chi connectivity index (χ4v) is 5.33. The predicted octanol–water partition coefficient (Wildman–Crippen LogP) is 5.95. The van der Waals surface area contributed by atoms with Crippen molar-refractivity contribution < 1.29 is 18.8 Å². The minimum atomic E-state index is -2.01. The molecular weight excluding hydrogens is 502 g/mol. The number of aliphatic imine (C=N–C) groups is 1. The zero-order valence-electron chi connectivity index (χ0n) is 21.3. The Morgan fingerprint density at radius 3 is 2.36 bits per heavy atom. The highest BCUT2D eigenvalue weighted by Gasteiger charge is 2.48. The number of rotatable bonds is 4. The minimum Gasteiger partial charge on any atom is -0.444 e. The third-order valence-corrected chi connectivity index (χ3v) is 11.6. The first-order valence-corrected chi connectivity index (χ1v) is 15.2. The van der Waals surface area contributed by atoms with Crippen molar-refractivity contribution in [2.45, 2.75) is 96.5 Å². The van der Waals surface area contributed by atoms with Crippen LogP contribution in [0.4, 0.5) is 4.79 Å². The molecule has 33 heavy (non-hydrogen) atoms. The Balaban J connectivity index is 1.88. The summed E-state index contributed by atoms with van der Waals surface area (Å²) in [7, 11) is -2.01. The summed E-state index contributed by atoms with van der Waals surface area (Å²) in [5.41, 5.74) is 2.46. The van der Waals surface area contributed by atoms with E-state index in [4.69, 9.17) is 19.0 Å². The highest BCUT2D eigenvalue weighted by atomic mass is 79.9. The van der Waals surface area contributed by atoms with Crippen LogP contribution in [0, 0.1) is 0 Å². The second kappa shape index (κ2) is 8.98. The van der Waals surface area contributed by atoms with Gasteiger partial charge in [0.05, 0.1) is 12.1 Å².